The normalized spacial score (nSPS) is 16.1. The molecule has 4 N–H and O–H groups in total. The summed E-state index contributed by atoms with van der Waals surface area (Å²) in [6, 6.07) is 7.42. The van der Waals surface area contributed by atoms with Gasteiger partial charge in [-0.3, -0.25) is 0 Å². The van der Waals surface area contributed by atoms with Crippen LogP contribution in [-0.4, -0.2) is 68.5 Å². The highest BCUT2D eigenvalue weighted by molar-refractivity contribution is 6.30. The second-order valence-electron chi connectivity index (χ2n) is 8.80. The van der Waals surface area contributed by atoms with Gasteiger partial charge in [-0.15, -0.1) is 0 Å². The summed E-state index contributed by atoms with van der Waals surface area (Å²) in [6.07, 6.45) is 6.59. The maximum Gasteiger partial charge on any atom is 0.404 e. The smallest absolute Gasteiger partial charge is 0.404 e. The van der Waals surface area contributed by atoms with Crippen LogP contribution in [0.25, 0.3) is 0 Å². The van der Waals surface area contributed by atoms with Crippen molar-refractivity contribution < 1.29 is 19.4 Å². The van der Waals surface area contributed by atoms with Gasteiger partial charge >= 0.3 is 12.1 Å². The average Bonchev–Trinajstić information content (AvgIpc) is 2.79. The first kappa shape index (κ1) is 27.2. The highest BCUT2D eigenvalue weighted by Gasteiger charge is 2.22. The number of urea groups is 1. The Morgan fingerprint density at radius 1 is 1.27 bits per heavy atom. The number of carbonyl (C=O) groups is 2. The van der Waals surface area contributed by atoms with Crippen molar-refractivity contribution in [2.45, 2.75) is 57.1 Å². The number of halogens is 1. The van der Waals surface area contributed by atoms with E-state index in [0.717, 1.165) is 18.5 Å². The number of nitrogens with zero attached hydrogens (tertiary/aromatic N) is 1. The summed E-state index contributed by atoms with van der Waals surface area (Å²) in [6.45, 7) is 1.66. The van der Waals surface area contributed by atoms with Crippen LogP contribution >= 0.6 is 11.6 Å². The van der Waals surface area contributed by atoms with Crippen LogP contribution in [0.15, 0.2) is 24.3 Å². The number of hydrogen-bond acceptors (Lipinski definition) is 4. The number of carboxylic acid groups (broad SMARTS) is 1. The van der Waals surface area contributed by atoms with E-state index in [9.17, 15) is 9.59 Å². The van der Waals surface area contributed by atoms with E-state index < -0.39 is 6.09 Å². The van der Waals surface area contributed by atoms with Gasteiger partial charge in [0.1, 0.15) is 0 Å². The lowest BCUT2D eigenvalue weighted by atomic mass is 9.85. The minimum atomic E-state index is -1.08. The van der Waals surface area contributed by atoms with Crippen LogP contribution in [0.5, 0.6) is 0 Å². The molecule has 1 saturated carbocycles. The fourth-order valence-corrected chi connectivity index (χ4v) is 4.57. The highest BCUT2D eigenvalue weighted by Crippen LogP contribution is 2.27. The Morgan fingerprint density at radius 3 is 2.70 bits per heavy atom. The lowest BCUT2D eigenvalue weighted by molar-refractivity contribution is 0.0442. The van der Waals surface area contributed by atoms with Gasteiger partial charge in [0.25, 0.3) is 0 Å². The largest absolute Gasteiger partial charge is 0.465 e. The Labute approximate surface area is 202 Å². The zero-order valence-electron chi connectivity index (χ0n) is 19.8. The molecule has 3 amide bonds. The molecule has 0 bridgehead atoms. The zero-order valence-corrected chi connectivity index (χ0v) is 20.6. The average molecular weight is 483 g/mol. The molecular weight excluding hydrogens is 444 g/mol. The van der Waals surface area contributed by atoms with Crippen LogP contribution in [0.3, 0.4) is 0 Å². The van der Waals surface area contributed by atoms with E-state index in [2.05, 4.69) is 16.0 Å². The zero-order chi connectivity index (χ0) is 24.1. The van der Waals surface area contributed by atoms with Gasteiger partial charge in [-0.2, -0.15) is 0 Å². The van der Waals surface area contributed by atoms with Crippen molar-refractivity contribution in [2.75, 3.05) is 40.3 Å². The third kappa shape index (κ3) is 10.6. The molecule has 1 aromatic carbocycles. The first-order chi connectivity index (χ1) is 15.9. The third-order valence-electron chi connectivity index (χ3n) is 6.11. The number of benzene rings is 1. The van der Waals surface area contributed by atoms with Gasteiger partial charge in [-0.25, -0.2) is 9.59 Å². The molecule has 0 aromatic heterocycles. The molecular formula is C24H39ClN4O4. The molecule has 0 unspecified atom stereocenters. The highest BCUT2D eigenvalue weighted by atomic mass is 35.5. The SMILES string of the molecule is CNC[C@H](CC1CCCCC1)NC(=O)N(C)CC[C@@H](OCCNC(=O)O)c1cccc(Cl)c1. The Hall–Kier alpha value is -2.03. The number of rotatable bonds is 13. The summed E-state index contributed by atoms with van der Waals surface area (Å²) in [7, 11) is 3.70. The molecule has 2 rings (SSSR count). The van der Waals surface area contributed by atoms with Crippen molar-refractivity contribution in [1.82, 2.24) is 20.9 Å². The van der Waals surface area contributed by atoms with Crippen LogP contribution in [0, 0.1) is 5.92 Å². The molecule has 0 aliphatic heterocycles. The quantitative estimate of drug-likeness (QED) is 0.315. The van der Waals surface area contributed by atoms with E-state index in [1.165, 1.54) is 32.1 Å². The van der Waals surface area contributed by atoms with E-state index in [-0.39, 0.29) is 31.3 Å². The minimum absolute atomic E-state index is 0.0940. The van der Waals surface area contributed by atoms with Crippen LogP contribution in [-0.2, 0) is 4.74 Å². The topological polar surface area (TPSA) is 103 Å². The standard InChI is InChI=1S/C24H39ClN4O4/c1-26-17-21(15-18-7-4-3-5-8-18)28-23(30)29(2)13-11-22(33-14-12-27-24(31)32)19-9-6-10-20(25)16-19/h6,9-10,16,18,21-22,26-27H,3-5,7-8,11-15,17H2,1-2H3,(H,28,30)(H,31,32)/t21-,22+/m0/s1. The van der Waals surface area contributed by atoms with Crippen LogP contribution in [0.1, 0.15) is 56.6 Å². The van der Waals surface area contributed by atoms with E-state index in [0.29, 0.717) is 23.9 Å². The van der Waals surface area contributed by atoms with Crippen molar-refractivity contribution in [3.63, 3.8) is 0 Å². The van der Waals surface area contributed by atoms with Gasteiger partial charge in [-0.05, 0) is 43.5 Å². The van der Waals surface area contributed by atoms with Gasteiger partial charge in [-0.1, -0.05) is 55.8 Å². The van der Waals surface area contributed by atoms with Crippen molar-refractivity contribution in [2.24, 2.45) is 5.92 Å². The molecule has 1 aliphatic rings. The van der Waals surface area contributed by atoms with Crippen molar-refractivity contribution in [1.29, 1.82) is 0 Å². The van der Waals surface area contributed by atoms with Crippen LogP contribution < -0.4 is 16.0 Å². The maximum atomic E-state index is 12.9. The maximum absolute atomic E-state index is 12.9. The lowest BCUT2D eigenvalue weighted by Gasteiger charge is -2.29. The molecule has 1 aromatic rings. The van der Waals surface area contributed by atoms with Gasteiger partial charge in [0.15, 0.2) is 0 Å². The summed E-state index contributed by atoms with van der Waals surface area (Å²) in [5.74, 6) is 0.683. The summed E-state index contributed by atoms with van der Waals surface area (Å²) in [4.78, 5) is 25.2. The van der Waals surface area contributed by atoms with Crippen molar-refractivity contribution in [3.8, 4) is 0 Å². The predicted molar refractivity (Wildman–Crippen MR) is 131 cm³/mol. The van der Waals surface area contributed by atoms with E-state index in [1.807, 2.05) is 25.2 Å². The van der Waals surface area contributed by atoms with Crippen LogP contribution in [0.2, 0.25) is 5.02 Å². The van der Waals surface area contributed by atoms with E-state index in [4.69, 9.17) is 21.4 Å². The van der Waals surface area contributed by atoms with Gasteiger partial charge < -0.3 is 30.7 Å². The molecule has 2 atom stereocenters. The molecule has 1 fully saturated rings. The second kappa shape index (κ2) is 15.0. The number of hydrogen-bond donors (Lipinski definition) is 4. The number of amides is 3. The molecule has 0 saturated heterocycles. The Kier molecular flexibility index (Phi) is 12.4. The molecule has 0 heterocycles. The molecule has 8 nitrogen and oxygen atoms in total. The second-order valence-corrected chi connectivity index (χ2v) is 9.24. The Balaban J connectivity index is 1.89. The minimum Gasteiger partial charge on any atom is -0.465 e. The van der Waals surface area contributed by atoms with Gasteiger partial charge in [0.05, 0.1) is 12.7 Å². The number of ether oxygens (including phenoxy) is 1. The fourth-order valence-electron chi connectivity index (χ4n) is 4.37. The summed E-state index contributed by atoms with van der Waals surface area (Å²) >= 11 is 6.15. The Morgan fingerprint density at radius 2 is 2.03 bits per heavy atom. The van der Waals surface area contributed by atoms with Gasteiger partial charge in [0.2, 0.25) is 0 Å². The number of likely N-dealkylation sites (N-methyl/N-ethyl adjacent to an activating group) is 1. The molecule has 0 radical (unpaired) electrons. The van der Waals surface area contributed by atoms with Crippen LogP contribution in [0.4, 0.5) is 9.59 Å². The Bertz CT molecular complexity index is 730. The third-order valence-corrected chi connectivity index (χ3v) is 6.35. The number of nitrogens with one attached hydrogen (secondary N) is 3. The van der Waals surface area contributed by atoms with Crippen molar-refractivity contribution >= 4 is 23.7 Å². The number of carbonyl (C=O) groups excluding carboxylic acids is 1. The summed E-state index contributed by atoms with van der Waals surface area (Å²) < 4.78 is 5.93. The molecule has 33 heavy (non-hydrogen) atoms. The fraction of sp³-hybridized carbons (Fsp3) is 0.667. The first-order valence-corrected chi connectivity index (χ1v) is 12.3. The molecule has 186 valence electrons. The lowest BCUT2D eigenvalue weighted by Crippen LogP contribution is -2.48. The molecule has 1 aliphatic carbocycles. The predicted octanol–water partition coefficient (Wildman–Crippen LogP) is 4.26. The van der Waals surface area contributed by atoms with Gasteiger partial charge in [0, 0.05) is 37.7 Å². The van der Waals surface area contributed by atoms with Crippen molar-refractivity contribution in [3.05, 3.63) is 34.9 Å². The summed E-state index contributed by atoms with van der Waals surface area (Å²) in [5.41, 5.74) is 0.900. The monoisotopic (exact) mass is 482 g/mol. The van der Waals surface area contributed by atoms with E-state index in [1.54, 1.807) is 18.0 Å². The summed E-state index contributed by atoms with van der Waals surface area (Å²) in [5, 5.41) is 18.0. The first-order valence-electron chi connectivity index (χ1n) is 11.9. The molecule has 0 spiro atoms. The molecule has 9 heteroatoms. The van der Waals surface area contributed by atoms with E-state index >= 15 is 0 Å².